The van der Waals surface area contributed by atoms with Gasteiger partial charge in [0.25, 0.3) is 5.91 Å². The maximum atomic E-state index is 12.9. The quantitative estimate of drug-likeness (QED) is 0.859. The van der Waals surface area contributed by atoms with Crippen molar-refractivity contribution in [1.82, 2.24) is 5.32 Å². The molecule has 4 rings (SSSR count). The maximum Gasteiger partial charge on any atom is 0.251 e. The van der Waals surface area contributed by atoms with Crippen molar-refractivity contribution in [1.29, 1.82) is 0 Å². The fourth-order valence-electron chi connectivity index (χ4n) is 3.63. The van der Waals surface area contributed by atoms with Gasteiger partial charge < -0.3 is 5.32 Å². The van der Waals surface area contributed by atoms with E-state index in [1.165, 1.54) is 9.87 Å². The van der Waals surface area contributed by atoms with Crippen molar-refractivity contribution >= 4 is 21.6 Å². The molecule has 0 unspecified atom stereocenters. The molecule has 0 radical (unpaired) electrons. The first-order valence-electron chi connectivity index (χ1n) is 9.42. The number of benzene rings is 2. The molecule has 0 spiro atoms. The van der Waals surface area contributed by atoms with E-state index in [4.69, 9.17) is 0 Å². The van der Waals surface area contributed by atoms with E-state index in [0.29, 0.717) is 30.1 Å². The summed E-state index contributed by atoms with van der Waals surface area (Å²) in [5, 5.41) is 3.16. The maximum absolute atomic E-state index is 12.9. The van der Waals surface area contributed by atoms with Gasteiger partial charge in [-0.05, 0) is 55.9 Å². The van der Waals surface area contributed by atoms with Crippen LogP contribution in [0.5, 0.6) is 0 Å². The summed E-state index contributed by atoms with van der Waals surface area (Å²) in [6, 6.07) is 15.2. The fourth-order valence-corrected chi connectivity index (χ4v) is 5.19. The Labute approximate surface area is 160 Å². The normalized spacial score (nSPS) is 19.7. The molecule has 0 bridgehead atoms. The summed E-state index contributed by atoms with van der Waals surface area (Å²) in [5.74, 6) is 0.477. The van der Waals surface area contributed by atoms with Crippen molar-refractivity contribution < 1.29 is 13.2 Å². The predicted molar refractivity (Wildman–Crippen MR) is 106 cm³/mol. The van der Waals surface area contributed by atoms with E-state index in [0.717, 1.165) is 18.4 Å². The third kappa shape index (κ3) is 3.86. The number of rotatable bonds is 5. The summed E-state index contributed by atoms with van der Waals surface area (Å²) < 4.78 is 25.7. The van der Waals surface area contributed by atoms with Gasteiger partial charge in [-0.15, -0.1) is 0 Å². The Hall–Kier alpha value is -2.34. The number of anilines is 1. The van der Waals surface area contributed by atoms with Crippen molar-refractivity contribution in [2.45, 2.75) is 32.2 Å². The van der Waals surface area contributed by atoms with E-state index >= 15 is 0 Å². The number of sulfonamides is 1. The van der Waals surface area contributed by atoms with Gasteiger partial charge in [-0.2, -0.15) is 0 Å². The van der Waals surface area contributed by atoms with E-state index in [-0.39, 0.29) is 17.7 Å². The fraction of sp³-hybridized carbons (Fsp3) is 0.381. The van der Waals surface area contributed by atoms with Gasteiger partial charge in [-0.1, -0.05) is 35.9 Å². The molecule has 1 N–H and O–H groups in total. The Morgan fingerprint density at radius 3 is 2.52 bits per heavy atom. The lowest BCUT2D eigenvalue weighted by Crippen LogP contribution is -2.30. The molecule has 1 aliphatic carbocycles. The number of nitrogens with zero attached hydrogens (tertiary/aromatic N) is 1. The molecule has 142 valence electrons. The van der Waals surface area contributed by atoms with Crippen LogP contribution >= 0.6 is 0 Å². The second kappa shape index (κ2) is 7.00. The number of nitrogens with one attached hydrogen (secondary N) is 1. The lowest BCUT2D eigenvalue weighted by molar-refractivity contribution is 0.0931. The smallest absolute Gasteiger partial charge is 0.251 e. The standard InChI is InChI=1S/C21H24N2O3S/c1-15-6-8-16(9-7-15)20(17-10-11-17)22-21(24)18-4-2-5-19(14-18)23-12-3-13-27(23,25)26/h2,4-9,14,17,20H,3,10-13H2,1H3,(H,22,24)/t20-/m1/s1. The highest BCUT2D eigenvalue weighted by Gasteiger charge is 2.34. The molecule has 0 aromatic heterocycles. The average molecular weight is 385 g/mol. The largest absolute Gasteiger partial charge is 0.345 e. The molecule has 2 aromatic rings. The van der Waals surface area contributed by atoms with Gasteiger partial charge in [-0.25, -0.2) is 8.42 Å². The molecule has 2 fully saturated rings. The molecule has 1 saturated carbocycles. The lowest BCUT2D eigenvalue weighted by atomic mass is 10.0. The molecule has 1 aliphatic heterocycles. The molecule has 6 heteroatoms. The highest BCUT2D eigenvalue weighted by Crippen LogP contribution is 2.41. The minimum absolute atomic E-state index is 0.00252. The second-order valence-corrected chi connectivity index (χ2v) is 9.50. The number of carbonyl (C=O) groups is 1. The zero-order valence-electron chi connectivity index (χ0n) is 15.4. The van der Waals surface area contributed by atoms with Gasteiger partial charge in [-0.3, -0.25) is 9.10 Å². The Kier molecular flexibility index (Phi) is 4.68. The summed E-state index contributed by atoms with van der Waals surface area (Å²) in [7, 11) is -3.25. The van der Waals surface area contributed by atoms with Crippen LogP contribution in [0.3, 0.4) is 0 Å². The van der Waals surface area contributed by atoms with E-state index in [9.17, 15) is 13.2 Å². The highest BCUT2D eigenvalue weighted by atomic mass is 32.2. The van der Waals surface area contributed by atoms with Gasteiger partial charge in [0.15, 0.2) is 0 Å². The minimum atomic E-state index is -3.25. The number of carbonyl (C=O) groups excluding carboxylic acids is 1. The highest BCUT2D eigenvalue weighted by molar-refractivity contribution is 7.93. The number of amides is 1. The van der Waals surface area contributed by atoms with Gasteiger partial charge in [0.2, 0.25) is 10.0 Å². The molecule has 1 amide bonds. The number of hydrogen-bond donors (Lipinski definition) is 1. The van der Waals surface area contributed by atoms with E-state index in [2.05, 4.69) is 29.6 Å². The second-order valence-electron chi connectivity index (χ2n) is 7.49. The Morgan fingerprint density at radius 2 is 1.89 bits per heavy atom. The first kappa shape index (κ1) is 18.0. The first-order chi connectivity index (χ1) is 12.9. The summed E-state index contributed by atoms with van der Waals surface area (Å²) in [4.78, 5) is 12.9. The molecule has 5 nitrogen and oxygen atoms in total. The molecule has 2 aromatic carbocycles. The molecular formula is C21H24N2O3S. The van der Waals surface area contributed by atoms with Gasteiger partial charge in [0.1, 0.15) is 0 Å². The molecule has 27 heavy (non-hydrogen) atoms. The van der Waals surface area contributed by atoms with Crippen molar-refractivity contribution in [3.63, 3.8) is 0 Å². The van der Waals surface area contributed by atoms with Crippen LogP contribution in [0.25, 0.3) is 0 Å². The third-order valence-electron chi connectivity index (χ3n) is 5.31. The summed E-state index contributed by atoms with van der Waals surface area (Å²) >= 11 is 0. The minimum Gasteiger partial charge on any atom is -0.345 e. The summed E-state index contributed by atoms with van der Waals surface area (Å²) in [6.07, 6.45) is 2.85. The average Bonchev–Trinajstić information content (AvgIpc) is 3.43. The molecule has 1 atom stereocenters. The Balaban J connectivity index is 1.55. The van der Waals surface area contributed by atoms with Crippen molar-refractivity contribution in [3.05, 3.63) is 65.2 Å². The van der Waals surface area contributed by atoms with Crippen molar-refractivity contribution in [3.8, 4) is 0 Å². The van der Waals surface area contributed by atoms with Crippen LogP contribution in [0.1, 0.15) is 46.8 Å². The molecule has 1 saturated heterocycles. The topological polar surface area (TPSA) is 66.5 Å². The Morgan fingerprint density at radius 1 is 1.15 bits per heavy atom. The number of aryl methyl sites for hydroxylation is 1. The first-order valence-corrected chi connectivity index (χ1v) is 11.0. The van der Waals surface area contributed by atoms with Crippen LogP contribution in [0, 0.1) is 12.8 Å². The zero-order chi connectivity index (χ0) is 19.0. The monoisotopic (exact) mass is 384 g/mol. The Bertz CT molecular complexity index is 950. The van der Waals surface area contributed by atoms with Crippen LogP contribution in [0.2, 0.25) is 0 Å². The van der Waals surface area contributed by atoms with Crippen LogP contribution in [-0.4, -0.2) is 26.6 Å². The van der Waals surface area contributed by atoms with Gasteiger partial charge in [0.05, 0.1) is 17.5 Å². The summed E-state index contributed by atoms with van der Waals surface area (Å²) in [5.41, 5.74) is 3.37. The van der Waals surface area contributed by atoms with Crippen molar-refractivity contribution in [2.75, 3.05) is 16.6 Å². The molecule has 2 aliphatic rings. The lowest BCUT2D eigenvalue weighted by Gasteiger charge is -2.20. The number of hydrogen-bond acceptors (Lipinski definition) is 3. The van der Waals surface area contributed by atoms with Crippen LogP contribution in [-0.2, 0) is 10.0 Å². The van der Waals surface area contributed by atoms with E-state index in [1.54, 1.807) is 24.3 Å². The zero-order valence-corrected chi connectivity index (χ0v) is 16.2. The molecular weight excluding hydrogens is 360 g/mol. The van der Waals surface area contributed by atoms with Crippen LogP contribution < -0.4 is 9.62 Å². The predicted octanol–water partition coefficient (Wildman–Crippen LogP) is 3.42. The van der Waals surface area contributed by atoms with E-state index < -0.39 is 10.0 Å². The SMILES string of the molecule is Cc1ccc([C@@H](NC(=O)c2cccc(N3CCCS3(=O)=O)c2)C2CC2)cc1. The van der Waals surface area contributed by atoms with E-state index in [1.807, 2.05) is 6.92 Å². The summed E-state index contributed by atoms with van der Waals surface area (Å²) in [6.45, 7) is 2.52. The third-order valence-corrected chi connectivity index (χ3v) is 7.18. The van der Waals surface area contributed by atoms with Crippen molar-refractivity contribution in [2.24, 2.45) is 5.92 Å². The van der Waals surface area contributed by atoms with Gasteiger partial charge >= 0.3 is 0 Å². The van der Waals surface area contributed by atoms with Crippen LogP contribution in [0.4, 0.5) is 5.69 Å². The van der Waals surface area contributed by atoms with Crippen LogP contribution in [0.15, 0.2) is 48.5 Å². The molecule has 1 heterocycles. The van der Waals surface area contributed by atoms with Gasteiger partial charge in [0, 0.05) is 12.1 Å².